The van der Waals surface area contributed by atoms with Crippen molar-refractivity contribution in [3.05, 3.63) is 54.1 Å². The number of nitrogens with one attached hydrogen (secondary N) is 2. The number of aromatic nitrogens is 1. The van der Waals surface area contributed by atoms with Gasteiger partial charge < -0.3 is 15.4 Å². The number of azo groups is 1. The molecule has 3 N–H and O–H groups in total. The Hall–Kier alpha value is -3.15. The molecule has 0 atom stereocenters. The number of benzene rings is 2. The normalized spacial score (nSPS) is 11.2. The number of nitrogens with zero attached hydrogens (tertiary/aromatic N) is 2. The van der Waals surface area contributed by atoms with Crippen molar-refractivity contribution in [2.45, 2.75) is 6.92 Å². The maximum absolute atomic E-state index is 11.8. The Labute approximate surface area is 132 Å². The van der Waals surface area contributed by atoms with E-state index in [1.54, 1.807) is 6.07 Å². The molecule has 0 spiro atoms. The van der Waals surface area contributed by atoms with Crippen LogP contribution in [0.4, 0.5) is 11.4 Å². The summed E-state index contributed by atoms with van der Waals surface area (Å²) in [4.78, 5) is 14.6. The SMILES string of the molecule is Cc1cccc(NCC(=O)N=Nc2c(O)[nH]c3ccccc23)c1. The average Bonchev–Trinajstić information content (AvgIpc) is 2.86. The number of hydrogen-bond donors (Lipinski definition) is 3. The summed E-state index contributed by atoms with van der Waals surface area (Å²) in [6.45, 7) is 2.02. The molecule has 23 heavy (non-hydrogen) atoms. The number of para-hydroxylation sites is 1. The van der Waals surface area contributed by atoms with Crippen molar-refractivity contribution in [2.24, 2.45) is 10.2 Å². The van der Waals surface area contributed by atoms with Crippen molar-refractivity contribution in [1.29, 1.82) is 0 Å². The number of carbonyl (C=O) groups is 1. The summed E-state index contributed by atoms with van der Waals surface area (Å²) in [6, 6.07) is 15.0. The molecule has 6 nitrogen and oxygen atoms in total. The van der Waals surface area contributed by atoms with Gasteiger partial charge in [0.2, 0.25) is 5.88 Å². The van der Waals surface area contributed by atoms with Crippen LogP contribution in [-0.2, 0) is 4.79 Å². The molecule has 6 heteroatoms. The maximum atomic E-state index is 11.8. The smallest absolute Gasteiger partial charge is 0.283 e. The van der Waals surface area contributed by atoms with Gasteiger partial charge in [-0.2, -0.15) is 0 Å². The monoisotopic (exact) mass is 308 g/mol. The first-order valence-electron chi connectivity index (χ1n) is 7.18. The van der Waals surface area contributed by atoms with Gasteiger partial charge in [-0.3, -0.25) is 4.79 Å². The Kier molecular flexibility index (Phi) is 4.05. The largest absolute Gasteiger partial charge is 0.493 e. The lowest BCUT2D eigenvalue weighted by Crippen LogP contribution is -2.10. The number of hydrogen-bond acceptors (Lipinski definition) is 4. The Morgan fingerprint density at radius 3 is 2.87 bits per heavy atom. The number of fused-ring (bicyclic) bond motifs is 1. The van der Waals surface area contributed by atoms with Gasteiger partial charge in [-0.05, 0) is 30.7 Å². The highest BCUT2D eigenvalue weighted by Crippen LogP contribution is 2.35. The Morgan fingerprint density at radius 1 is 1.22 bits per heavy atom. The van der Waals surface area contributed by atoms with Crippen LogP contribution in [-0.4, -0.2) is 22.5 Å². The Bertz CT molecular complexity index is 883. The molecule has 0 aliphatic heterocycles. The van der Waals surface area contributed by atoms with Gasteiger partial charge in [0.05, 0.1) is 12.1 Å². The predicted octanol–water partition coefficient (Wildman–Crippen LogP) is 3.90. The number of rotatable bonds is 4. The fraction of sp³-hybridized carbons (Fsp3) is 0.118. The molecule has 0 fully saturated rings. The molecule has 3 rings (SSSR count). The van der Waals surface area contributed by atoms with E-state index in [0.29, 0.717) is 5.39 Å². The molecule has 3 aromatic rings. The third-order valence-corrected chi connectivity index (χ3v) is 3.38. The van der Waals surface area contributed by atoms with Gasteiger partial charge in [-0.1, -0.05) is 30.3 Å². The van der Waals surface area contributed by atoms with E-state index in [1.807, 2.05) is 49.4 Å². The lowest BCUT2D eigenvalue weighted by atomic mass is 10.2. The molecule has 0 aliphatic rings. The van der Waals surface area contributed by atoms with Crippen molar-refractivity contribution in [2.75, 3.05) is 11.9 Å². The second-order valence-corrected chi connectivity index (χ2v) is 5.18. The summed E-state index contributed by atoms with van der Waals surface area (Å²) in [5.74, 6) is -0.523. The van der Waals surface area contributed by atoms with E-state index in [9.17, 15) is 9.90 Å². The van der Waals surface area contributed by atoms with Crippen LogP contribution < -0.4 is 5.32 Å². The van der Waals surface area contributed by atoms with E-state index in [-0.39, 0.29) is 18.1 Å². The summed E-state index contributed by atoms with van der Waals surface area (Å²) in [7, 11) is 0. The molecular formula is C17H16N4O2. The first kappa shape index (κ1) is 14.8. The van der Waals surface area contributed by atoms with Crippen molar-refractivity contribution in [1.82, 2.24) is 4.98 Å². The van der Waals surface area contributed by atoms with Crippen molar-refractivity contribution in [3.8, 4) is 5.88 Å². The topological polar surface area (TPSA) is 89.8 Å². The molecule has 0 bridgehead atoms. The molecule has 1 aromatic heterocycles. The zero-order valence-corrected chi connectivity index (χ0v) is 12.6. The molecule has 0 saturated heterocycles. The molecular weight excluding hydrogens is 292 g/mol. The fourth-order valence-corrected chi connectivity index (χ4v) is 2.29. The van der Waals surface area contributed by atoms with Crippen LogP contribution in [0.5, 0.6) is 5.88 Å². The molecule has 0 aliphatic carbocycles. The number of aromatic amines is 1. The minimum atomic E-state index is -0.420. The highest BCUT2D eigenvalue weighted by atomic mass is 16.3. The highest BCUT2D eigenvalue weighted by Gasteiger charge is 2.10. The fourth-order valence-electron chi connectivity index (χ4n) is 2.29. The summed E-state index contributed by atoms with van der Waals surface area (Å²) >= 11 is 0. The molecule has 0 radical (unpaired) electrons. The Morgan fingerprint density at radius 2 is 2.04 bits per heavy atom. The first-order valence-corrected chi connectivity index (χ1v) is 7.18. The van der Waals surface area contributed by atoms with E-state index in [4.69, 9.17) is 0 Å². The number of aromatic hydroxyl groups is 1. The second-order valence-electron chi connectivity index (χ2n) is 5.18. The number of carbonyl (C=O) groups excluding carboxylic acids is 1. The molecule has 1 heterocycles. The van der Waals surface area contributed by atoms with E-state index in [2.05, 4.69) is 20.5 Å². The molecule has 1 amide bonds. The van der Waals surface area contributed by atoms with Gasteiger partial charge in [-0.25, -0.2) is 0 Å². The maximum Gasteiger partial charge on any atom is 0.283 e. The number of anilines is 1. The number of aryl methyl sites for hydroxylation is 1. The van der Waals surface area contributed by atoms with Crippen LogP contribution in [0, 0.1) is 6.92 Å². The lowest BCUT2D eigenvalue weighted by molar-refractivity contribution is -0.116. The number of H-pyrrole nitrogens is 1. The van der Waals surface area contributed by atoms with Crippen LogP contribution in [0.2, 0.25) is 0 Å². The Balaban J connectivity index is 1.69. The van der Waals surface area contributed by atoms with Crippen LogP contribution in [0.3, 0.4) is 0 Å². The average molecular weight is 308 g/mol. The number of amides is 1. The quantitative estimate of drug-likeness (QED) is 0.638. The van der Waals surface area contributed by atoms with Crippen LogP contribution in [0.1, 0.15) is 5.56 Å². The van der Waals surface area contributed by atoms with E-state index < -0.39 is 5.91 Å². The second kappa shape index (κ2) is 6.31. The minimum Gasteiger partial charge on any atom is -0.493 e. The van der Waals surface area contributed by atoms with Crippen LogP contribution in [0.15, 0.2) is 58.8 Å². The summed E-state index contributed by atoms with van der Waals surface area (Å²) in [5.41, 5.74) is 2.96. The van der Waals surface area contributed by atoms with Crippen molar-refractivity contribution < 1.29 is 9.90 Å². The van der Waals surface area contributed by atoms with Gasteiger partial charge in [-0.15, -0.1) is 10.2 Å². The van der Waals surface area contributed by atoms with Gasteiger partial charge in [0.1, 0.15) is 0 Å². The standard InChI is InChI=1S/C17H16N4O2/c1-11-5-4-6-12(9-11)18-10-15(22)20-21-16-13-7-2-3-8-14(13)19-17(16)23/h2-9,18-19,23H,10H2,1H3. The predicted molar refractivity (Wildman–Crippen MR) is 89.2 cm³/mol. The first-order chi connectivity index (χ1) is 11.1. The highest BCUT2D eigenvalue weighted by molar-refractivity contribution is 5.94. The van der Waals surface area contributed by atoms with Gasteiger partial charge in [0, 0.05) is 11.1 Å². The van der Waals surface area contributed by atoms with E-state index in [0.717, 1.165) is 16.8 Å². The van der Waals surface area contributed by atoms with Crippen molar-refractivity contribution >= 4 is 28.2 Å². The van der Waals surface area contributed by atoms with E-state index >= 15 is 0 Å². The summed E-state index contributed by atoms with van der Waals surface area (Å²) in [6.07, 6.45) is 0. The molecule has 116 valence electrons. The minimum absolute atomic E-state index is 0.0378. The van der Waals surface area contributed by atoms with Gasteiger partial charge in [0.15, 0.2) is 5.69 Å². The van der Waals surface area contributed by atoms with Crippen LogP contribution >= 0.6 is 0 Å². The summed E-state index contributed by atoms with van der Waals surface area (Å²) < 4.78 is 0. The summed E-state index contributed by atoms with van der Waals surface area (Å²) in [5, 5.41) is 21.1. The van der Waals surface area contributed by atoms with Crippen LogP contribution in [0.25, 0.3) is 10.9 Å². The molecule has 0 unspecified atom stereocenters. The zero-order chi connectivity index (χ0) is 16.2. The molecule has 2 aromatic carbocycles. The molecule has 0 saturated carbocycles. The van der Waals surface area contributed by atoms with Gasteiger partial charge >= 0.3 is 0 Å². The van der Waals surface area contributed by atoms with Crippen molar-refractivity contribution in [3.63, 3.8) is 0 Å². The van der Waals surface area contributed by atoms with Gasteiger partial charge in [0.25, 0.3) is 5.91 Å². The third kappa shape index (κ3) is 3.37. The van der Waals surface area contributed by atoms with E-state index in [1.165, 1.54) is 0 Å². The lowest BCUT2D eigenvalue weighted by Gasteiger charge is -2.03. The third-order valence-electron chi connectivity index (χ3n) is 3.38. The zero-order valence-electron chi connectivity index (χ0n) is 12.6.